The molecule has 0 atom stereocenters. The van der Waals surface area contributed by atoms with Crippen molar-refractivity contribution >= 4 is 22.6 Å². The van der Waals surface area contributed by atoms with Gasteiger partial charge >= 0.3 is 0 Å². The first-order valence-corrected chi connectivity index (χ1v) is 11.7. The van der Waals surface area contributed by atoms with Crippen molar-refractivity contribution in [2.75, 3.05) is 18.8 Å². The molecule has 2 aliphatic rings. The zero-order chi connectivity index (χ0) is 25.0. The van der Waals surface area contributed by atoms with Crippen LogP contribution in [-0.2, 0) is 13.1 Å². The second kappa shape index (κ2) is 8.32. The van der Waals surface area contributed by atoms with E-state index in [1.165, 1.54) is 18.3 Å². The van der Waals surface area contributed by atoms with Gasteiger partial charge in [0, 0.05) is 50.2 Å². The maximum atomic E-state index is 14.9. The number of hydrogen-bond donors (Lipinski definition) is 1. The predicted molar refractivity (Wildman–Crippen MR) is 124 cm³/mol. The van der Waals surface area contributed by atoms with Crippen LogP contribution in [-0.4, -0.2) is 59.6 Å². The largest absolute Gasteiger partial charge is 0.384 e. The van der Waals surface area contributed by atoms with Gasteiger partial charge in [0.15, 0.2) is 0 Å². The summed E-state index contributed by atoms with van der Waals surface area (Å²) in [6.45, 7) is 1.46. The molecule has 2 fully saturated rings. The Morgan fingerprint density at radius 3 is 2.75 bits per heavy atom. The maximum Gasteiger partial charge on any atom is 0.254 e. The van der Waals surface area contributed by atoms with Gasteiger partial charge in [-0.25, -0.2) is 18.2 Å². The van der Waals surface area contributed by atoms with Gasteiger partial charge in [-0.2, -0.15) is 5.10 Å². The van der Waals surface area contributed by atoms with Crippen LogP contribution in [0, 0.1) is 11.7 Å². The molecule has 0 unspecified atom stereocenters. The zero-order valence-corrected chi connectivity index (χ0v) is 19.2. The third kappa shape index (κ3) is 4.06. The molecule has 2 N–H and O–H groups in total. The number of likely N-dealkylation sites (tertiary alicyclic amines) is 1. The molecule has 1 saturated heterocycles. The first-order valence-electron chi connectivity index (χ1n) is 11.7. The van der Waals surface area contributed by atoms with E-state index in [1.807, 2.05) is 0 Å². The number of benzene rings is 1. The van der Waals surface area contributed by atoms with Crippen LogP contribution in [0.4, 0.5) is 19.0 Å². The van der Waals surface area contributed by atoms with Crippen molar-refractivity contribution in [1.82, 2.24) is 34.7 Å². The Kier molecular flexibility index (Phi) is 5.20. The fourth-order valence-corrected chi connectivity index (χ4v) is 5.04. The SMILES string of the molecule is Nc1cc(C(=O)N2CC(c3nn(Cc4cn(CC5CC(F)(F)C5)nn4)c4cccc(F)c34)C2)ccn1. The van der Waals surface area contributed by atoms with E-state index >= 15 is 0 Å². The highest BCUT2D eigenvalue weighted by molar-refractivity contribution is 5.95. The number of fused-ring (bicyclic) bond motifs is 1. The van der Waals surface area contributed by atoms with Crippen molar-refractivity contribution in [3.63, 3.8) is 0 Å². The Hall–Kier alpha value is -3.96. The minimum Gasteiger partial charge on any atom is -0.384 e. The molecule has 186 valence electrons. The fraction of sp³-hybridized carbons (Fsp3) is 0.375. The van der Waals surface area contributed by atoms with E-state index in [1.54, 1.807) is 38.7 Å². The number of amides is 1. The minimum absolute atomic E-state index is 0.117. The summed E-state index contributed by atoms with van der Waals surface area (Å²) in [6.07, 6.45) is 2.93. The van der Waals surface area contributed by atoms with Gasteiger partial charge in [0.25, 0.3) is 5.91 Å². The van der Waals surface area contributed by atoms with E-state index in [-0.39, 0.29) is 48.8 Å². The molecule has 1 amide bonds. The third-order valence-electron chi connectivity index (χ3n) is 6.86. The lowest BCUT2D eigenvalue weighted by Gasteiger charge is -2.38. The lowest BCUT2D eigenvalue weighted by Crippen LogP contribution is -2.48. The summed E-state index contributed by atoms with van der Waals surface area (Å²) in [5, 5.41) is 13.3. The second-order valence-electron chi connectivity index (χ2n) is 9.62. The highest BCUT2D eigenvalue weighted by Gasteiger charge is 2.45. The lowest BCUT2D eigenvalue weighted by atomic mass is 9.81. The van der Waals surface area contributed by atoms with Gasteiger partial charge in [-0.15, -0.1) is 5.10 Å². The number of alkyl halides is 2. The summed E-state index contributed by atoms with van der Waals surface area (Å²) in [7, 11) is 0. The first kappa shape index (κ1) is 22.5. The molecule has 6 rings (SSSR count). The van der Waals surface area contributed by atoms with Gasteiger partial charge < -0.3 is 10.6 Å². The van der Waals surface area contributed by atoms with Gasteiger partial charge in [0.05, 0.1) is 29.3 Å². The summed E-state index contributed by atoms with van der Waals surface area (Å²) >= 11 is 0. The van der Waals surface area contributed by atoms with Crippen molar-refractivity contribution in [3.05, 3.63) is 65.5 Å². The number of nitrogens with two attached hydrogens (primary N) is 1. The van der Waals surface area contributed by atoms with Gasteiger partial charge in [-0.3, -0.25) is 14.2 Å². The van der Waals surface area contributed by atoms with Crippen LogP contribution in [0.15, 0.2) is 42.7 Å². The maximum absolute atomic E-state index is 14.9. The zero-order valence-electron chi connectivity index (χ0n) is 19.2. The Morgan fingerprint density at radius 1 is 1.19 bits per heavy atom. The van der Waals surface area contributed by atoms with Crippen molar-refractivity contribution < 1.29 is 18.0 Å². The number of nitrogen functional groups attached to an aromatic ring is 1. The molecule has 1 aliphatic carbocycles. The number of halogens is 3. The lowest BCUT2D eigenvalue weighted by molar-refractivity contribution is -0.114. The molecule has 4 aromatic rings. The normalized spacial score (nSPS) is 17.8. The van der Waals surface area contributed by atoms with Gasteiger partial charge in [0.2, 0.25) is 5.92 Å². The number of aromatic nitrogens is 6. The van der Waals surface area contributed by atoms with E-state index in [0.29, 0.717) is 47.5 Å². The van der Waals surface area contributed by atoms with Crippen LogP contribution in [0.25, 0.3) is 10.9 Å². The third-order valence-corrected chi connectivity index (χ3v) is 6.86. The number of rotatable bonds is 6. The number of pyridine rings is 1. The molecule has 0 bridgehead atoms. The minimum atomic E-state index is -2.57. The number of carbonyl (C=O) groups excluding carboxylic acids is 1. The second-order valence-corrected chi connectivity index (χ2v) is 9.62. The highest BCUT2D eigenvalue weighted by Crippen LogP contribution is 2.43. The van der Waals surface area contributed by atoms with Gasteiger partial charge in [-0.1, -0.05) is 11.3 Å². The summed E-state index contributed by atoms with van der Waals surface area (Å²) in [6, 6.07) is 7.95. The molecule has 0 spiro atoms. The molecule has 1 aliphatic heterocycles. The number of hydrogen-bond acceptors (Lipinski definition) is 6. The Bertz CT molecular complexity index is 1450. The van der Waals surface area contributed by atoms with E-state index < -0.39 is 5.92 Å². The van der Waals surface area contributed by atoms with Crippen LogP contribution >= 0.6 is 0 Å². The van der Waals surface area contributed by atoms with E-state index in [0.717, 1.165) is 0 Å². The molecule has 12 heteroatoms. The Morgan fingerprint density at radius 2 is 2.00 bits per heavy atom. The molecule has 9 nitrogen and oxygen atoms in total. The Balaban J connectivity index is 1.19. The molecule has 1 aromatic carbocycles. The summed E-state index contributed by atoms with van der Waals surface area (Å²) in [4.78, 5) is 18.3. The summed E-state index contributed by atoms with van der Waals surface area (Å²) in [5.41, 5.74) is 7.95. The monoisotopic (exact) mass is 496 g/mol. The molecular weight excluding hydrogens is 473 g/mol. The smallest absolute Gasteiger partial charge is 0.254 e. The average Bonchev–Trinajstić information content (AvgIpc) is 3.37. The van der Waals surface area contributed by atoms with E-state index in [9.17, 15) is 18.0 Å². The van der Waals surface area contributed by atoms with Crippen molar-refractivity contribution in [2.24, 2.45) is 5.92 Å². The van der Waals surface area contributed by atoms with Crippen LogP contribution in [0.3, 0.4) is 0 Å². The molecule has 1 saturated carbocycles. The number of nitrogens with zero attached hydrogens (tertiary/aromatic N) is 7. The fourth-order valence-electron chi connectivity index (χ4n) is 5.04. The predicted octanol–water partition coefficient (Wildman–Crippen LogP) is 3.08. The topological polar surface area (TPSA) is 108 Å². The van der Waals surface area contributed by atoms with Gasteiger partial charge in [0.1, 0.15) is 17.3 Å². The summed E-state index contributed by atoms with van der Waals surface area (Å²) in [5.74, 6) is -3.08. The van der Waals surface area contributed by atoms with Crippen molar-refractivity contribution in [3.8, 4) is 0 Å². The summed E-state index contributed by atoms with van der Waals surface area (Å²) < 4.78 is 44.4. The molecule has 4 heterocycles. The molecule has 0 radical (unpaired) electrons. The number of carbonyl (C=O) groups is 1. The Labute approximate surface area is 203 Å². The van der Waals surface area contributed by atoms with E-state index in [4.69, 9.17) is 10.8 Å². The van der Waals surface area contributed by atoms with Crippen LogP contribution in [0.2, 0.25) is 0 Å². The van der Waals surface area contributed by atoms with Gasteiger partial charge in [-0.05, 0) is 30.2 Å². The van der Waals surface area contributed by atoms with E-state index in [2.05, 4.69) is 15.3 Å². The quantitative estimate of drug-likeness (QED) is 0.440. The molecule has 36 heavy (non-hydrogen) atoms. The molecule has 3 aromatic heterocycles. The van der Waals surface area contributed by atoms with Crippen molar-refractivity contribution in [1.29, 1.82) is 0 Å². The molecular formula is C24H23F3N8O. The first-order chi connectivity index (χ1) is 17.3. The number of anilines is 1. The average molecular weight is 496 g/mol. The van der Waals surface area contributed by atoms with Crippen LogP contribution in [0.1, 0.15) is 40.5 Å². The van der Waals surface area contributed by atoms with Crippen molar-refractivity contribution in [2.45, 2.75) is 37.8 Å². The van der Waals surface area contributed by atoms with Crippen LogP contribution < -0.4 is 5.73 Å². The standard InChI is InChI=1S/C24H23F3N8O/c25-18-2-1-3-19-21(18)22(16-10-33(11-16)23(36)15-4-5-29-20(28)6-15)31-35(19)13-17-12-34(32-30-17)9-14-7-24(26,27)8-14/h1-6,12,14,16H,7-11,13H2,(H2,28,29). The van der Waals surface area contributed by atoms with Crippen LogP contribution in [0.5, 0.6) is 0 Å². The highest BCUT2D eigenvalue weighted by atomic mass is 19.3.